The van der Waals surface area contributed by atoms with E-state index in [2.05, 4.69) is 16.9 Å². The second-order valence-corrected chi connectivity index (χ2v) is 4.44. The third-order valence-corrected chi connectivity index (χ3v) is 2.88. The summed E-state index contributed by atoms with van der Waals surface area (Å²) < 4.78 is 12.8. The van der Waals surface area contributed by atoms with Crippen molar-refractivity contribution in [3.05, 3.63) is 59.2 Å². The van der Waals surface area contributed by atoms with E-state index in [1.807, 2.05) is 13.8 Å². The van der Waals surface area contributed by atoms with Gasteiger partial charge in [0, 0.05) is 18.5 Å². The van der Waals surface area contributed by atoms with Gasteiger partial charge in [-0.3, -0.25) is 4.99 Å². The Kier molecular flexibility index (Phi) is 5.84. The Balaban J connectivity index is 2.80. The lowest BCUT2D eigenvalue weighted by Gasteiger charge is -2.13. The largest absolute Gasteiger partial charge is 0.380 e. The molecule has 0 atom stereocenters. The van der Waals surface area contributed by atoms with Crippen molar-refractivity contribution < 1.29 is 4.39 Å². The van der Waals surface area contributed by atoms with Crippen LogP contribution in [0.2, 0.25) is 0 Å². The third-order valence-electron chi connectivity index (χ3n) is 2.88. The molecule has 1 aromatic rings. The molecule has 0 heterocycles. The van der Waals surface area contributed by atoms with Crippen molar-refractivity contribution in [1.29, 1.82) is 5.41 Å². The molecule has 0 amide bonds. The average molecular weight is 273 g/mol. The van der Waals surface area contributed by atoms with Crippen LogP contribution in [0.25, 0.3) is 0 Å². The van der Waals surface area contributed by atoms with E-state index in [1.54, 1.807) is 25.3 Å². The minimum atomic E-state index is -0.251. The standard InChI is InChI=1S/C16H20FN3/c1-5-19-16(11(2)12(3)18)13(4)20-10-14-6-8-15(17)9-7-14/h5-9,18,20H,4,10H2,1-3H3/b16-11-,18-12?,19-5?. The van der Waals surface area contributed by atoms with Gasteiger partial charge < -0.3 is 10.7 Å². The topological polar surface area (TPSA) is 48.2 Å². The van der Waals surface area contributed by atoms with E-state index in [1.165, 1.54) is 12.1 Å². The summed E-state index contributed by atoms with van der Waals surface area (Å²) in [5.74, 6) is -0.251. The lowest BCUT2D eigenvalue weighted by atomic mass is 10.1. The van der Waals surface area contributed by atoms with E-state index in [0.29, 0.717) is 23.7 Å². The zero-order chi connectivity index (χ0) is 15.1. The van der Waals surface area contributed by atoms with Gasteiger partial charge in [-0.2, -0.15) is 0 Å². The number of hydrogen-bond acceptors (Lipinski definition) is 3. The van der Waals surface area contributed by atoms with Crippen LogP contribution in [0.15, 0.2) is 52.8 Å². The van der Waals surface area contributed by atoms with Gasteiger partial charge in [-0.1, -0.05) is 18.7 Å². The number of rotatable bonds is 6. The molecule has 0 radical (unpaired) electrons. The number of aliphatic imine (C=N–C) groups is 1. The lowest BCUT2D eigenvalue weighted by Crippen LogP contribution is -2.15. The van der Waals surface area contributed by atoms with Crippen LogP contribution in [-0.2, 0) is 6.54 Å². The summed E-state index contributed by atoms with van der Waals surface area (Å²) in [6.45, 7) is 9.87. The first-order chi connectivity index (χ1) is 9.45. The van der Waals surface area contributed by atoms with Gasteiger partial charge in [0.05, 0.1) is 11.4 Å². The molecule has 106 valence electrons. The smallest absolute Gasteiger partial charge is 0.123 e. The van der Waals surface area contributed by atoms with Crippen LogP contribution in [0.1, 0.15) is 26.3 Å². The molecular formula is C16H20FN3. The third kappa shape index (κ3) is 4.46. The number of nitrogens with one attached hydrogen (secondary N) is 2. The van der Waals surface area contributed by atoms with Gasteiger partial charge in [-0.15, -0.1) is 0 Å². The van der Waals surface area contributed by atoms with Gasteiger partial charge in [0.15, 0.2) is 0 Å². The van der Waals surface area contributed by atoms with Gasteiger partial charge in [0.2, 0.25) is 0 Å². The molecule has 1 rings (SSSR count). The first-order valence-electron chi connectivity index (χ1n) is 6.38. The molecule has 0 aromatic heterocycles. The van der Waals surface area contributed by atoms with E-state index in [0.717, 1.165) is 11.1 Å². The van der Waals surface area contributed by atoms with Crippen LogP contribution >= 0.6 is 0 Å². The van der Waals surface area contributed by atoms with Crippen molar-refractivity contribution in [1.82, 2.24) is 5.32 Å². The fourth-order valence-corrected chi connectivity index (χ4v) is 1.60. The highest BCUT2D eigenvalue weighted by Gasteiger charge is 2.07. The lowest BCUT2D eigenvalue weighted by molar-refractivity contribution is 0.626. The molecule has 0 aliphatic carbocycles. The second-order valence-electron chi connectivity index (χ2n) is 4.44. The summed E-state index contributed by atoms with van der Waals surface area (Å²) in [7, 11) is 0. The van der Waals surface area contributed by atoms with E-state index < -0.39 is 0 Å². The van der Waals surface area contributed by atoms with E-state index in [4.69, 9.17) is 5.41 Å². The molecule has 0 saturated heterocycles. The minimum absolute atomic E-state index is 0.251. The Hall–Kier alpha value is -2.23. The quantitative estimate of drug-likeness (QED) is 0.600. The van der Waals surface area contributed by atoms with Crippen molar-refractivity contribution in [2.24, 2.45) is 4.99 Å². The Morgan fingerprint density at radius 1 is 1.35 bits per heavy atom. The van der Waals surface area contributed by atoms with Gasteiger partial charge in [0.1, 0.15) is 5.82 Å². The molecule has 2 N–H and O–H groups in total. The maximum absolute atomic E-state index is 12.8. The zero-order valence-electron chi connectivity index (χ0n) is 12.1. The van der Waals surface area contributed by atoms with Crippen LogP contribution in [0.3, 0.4) is 0 Å². The van der Waals surface area contributed by atoms with Crippen molar-refractivity contribution in [2.75, 3.05) is 0 Å². The maximum Gasteiger partial charge on any atom is 0.123 e. The number of allylic oxidation sites excluding steroid dienone is 1. The van der Waals surface area contributed by atoms with Gasteiger partial charge in [-0.05, 0) is 44.0 Å². The van der Waals surface area contributed by atoms with Gasteiger partial charge >= 0.3 is 0 Å². The maximum atomic E-state index is 12.8. The minimum Gasteiger partial charge on any atom is -0.380 e. The molecule has 20 heavy (non-hydrogen) atoms. The molecule has 1 aromatic carbocycles. The predicted molar refractivity (Wildman–Crippen MR) is 82.6 cm³/mol. The van der Waals surface area contributed by atoms with Crippen LogP contribution < -0.4 is 5.32 Å². The fraction of sp³-hybridized carbons (Fsp3) is 0.250. The highest BCUT2D eigenvalue weighted by molar-refractivity contribution is 5.96. The Morgan fingerprint density at radius 3 is 2.45 bits per heavy atom. The van der Waals surface area contributed by atoms with Crippen LogP contribution in [0.4, 0.5) is 4.39 Å². The normalized spacial score (nSPS) is 12.2. The van der Waals surface area contributed by atoms with Gasteiger partial charge in [0.25, 0.3) is 0 Å². The summed E-state index contributed by atoms with van der Waals surface area (Å²) in [6.07, 6.45) is 1.67. The molecular weight excluding hydrogens is 253 g/mol. The van der Waals surface area contributed by atoms with E-state index >= 15 is 0 Å². The molecule has 0 aliphatic rings. The summed E-state index contributed by atoms with van der Waals surface area (Å²) >= 11 is 0. The number of benzene rings is 1. The highest BCUT2D eigenvalue weighted by Crippen LogP contribution is 2.14. The monoisotopic (exact) mass is 273 g/mol. The SMILES string of the molecule is C=C(NCc1ccc(F)cc1)/C(N=CC)=C(\C)C(C)=N. The first-order valence-corrected chi connectivity index (χ1v) is 6.38. The molecule has 0 bridgehead atoms. The number of halogens is 1. The molecule has 0 aliphatic heterocycles. The van der Waals surface area contributed by atoms with Crippen molar-refractivity contribution in [3.8, 4) is 0 Å². The van der Waals surface area contributed by atoms with E-state index in [-0.39, 0.29) is 5.82 Å². The average Bonchev–Trinajstić information content (AvgIpc) is 2.43. The highest BCUT2D eigenvalue weighted by atomic mass is 19.1. The predicted octanol–water partition coefficient (Wildman–Crippen LogP) is 3.83. The van der Waals surface area contributed by atoms with E-state index in [9.17, 15) is 4.39 Å². The summed E-state index contributed by atoms with van der Waals surface area (Å²) in [4.78, 5) is 4.26. The number of hydrogen-bond donors (Lipinski definition) is 2. The van der Waals surface area contributed by atoms with Crippen LogP contribution in [0.5, 0.6) is 0 Å². The Bertz CT molecular complexity index is 554. The fourth-order valence-electron chi connectivity index (χ4n) is 1.60. The van der Waals surface area contributed by atoms with Crippen molar-refractivity contribution in [3.63, 3.8) is 0 Å². The summed E-state index contributed by atoms with van der Waals surface area (Å²) in [5, 5.41) is 10.8. The van der Waals surface area contributed by atoms with Crippen molar-refractivity contribution >= 4 is 11.9 Å². The molecule has 0 fully saturated rings. The van der Waals surface area contributed by atoms with Crippen LogP contribution in [0, 0.1) is 11.2 Å². The second kappa shape index (κ2) is 7.38. The summed E-state index contributed by atoms with van der Waals surface area (Å²) in [5.41, 5.74) is 3.50. The Labute approximate surface area is 119 Å². The molecule has 0 spiro atoms. The zero-order valence-corrected chi connectivity index (χ0v) is 12.1. The van der Waals surface area contributed by atoms with Crippen molar-refractivity contribution in [2.45, 2.75) is 27.3 Å². The first kappa shape index (κ1) is 15.8. The molecule has 0 saturated carbocycles. The van der Waals surface area contributed by atoms with Crippen LogP contribution in [-0.4, -0.2) is 11.9 Å². The molecule has 4 heteroatoms. The molecule has 3 nitrogen and oxygen atoms in total. The number of nitrogens with zero attached hydrogens (tertiary/aromatic N) is 1. The van der Waals surface area contributed by atoms with Gasteiger partial charge in [-0.25, -0.2) is 4.39 Å². The summed E-state index contributed by atoms with van der Waals surface area (Å²) in [6, 6.07) is 6.29. The molecule has 0 unspecified atom stereocenters. The Morgan fingerprint density at radius 2 is 1.95 bits per heavy atom.